The average molecular weight is 452 g/mol. The van der Waals surface area contributed by atoms with Crippen LogP contribution in [0.1, 0.15) is 40.0 Å². The predicted molar refractivity (Wildman–Crippen MR) is 75.0 cm³/mol. The van der Waals surface area contributed by atoms with Crippen molar-refractivity contribution < 1.29 is 52.7 Å². The number of hydrogen-bond donors (Lipinski definition) is 0. The molecule has 170 valence electrons. The minimum atomic E-state index is -6.25. The van der Waals surface area contributed by atoms with Crippen LogP contribution in [-0.2, 0) is 0 Å². The summed E-state index contributed by atoms with van der Waals surface area (Å²) >= 11 is 0. The molecule has 0 aromatic heterocycles. The van der Waals surface area contributed by atoms with Crippen LogP contribution in [0.25, 0.3) is 0 Å². The summed E-state index contributed by atoms with van der Waals surface area (Å²) in [6.07, 6.45) is -28.7. The smallest absolute Gasteiger partial charge is 0.285 e. The molecule has 1 saturated heterocycles. The van der Waals surface area contributed by atoms with Gasteiger partial charge in [-0.15, -0.1) is 0 Å². The van der Waals surface area contributed by atoms with E-state index in [1.54, 1.807) is 0 Å². The van der Waals surface area contributed by atoms with E-state index in [0.29, 0.717) is 13.8 Å². The zero-order valence-corrected chi connectivity index (χ0v) is 15.1. The molecule has 14 heteroatoms. The van der Waals surface area contributed by atoms with Crippen molar-refractivity contribution in [3.8, 4) is 0 Å². The lowest BCUT2D eigenvalue weighted by Crippen LogP contribution is -2.72. The molecule has 0 saturated carbocycles. The number of allylic oxidation sites excluding steroid dienone is 1. The van der Waals surface area contributed by atoms with E-state index < -0.39 is 76.0 Å². The van der Waals surface area contributed by atoms with Gasteiger partial charge in [-0.25, -0.2) is 0 Å². The van der Waals surface area contributed by atoms with E-state index in [1.807, 2.05) is 0 Å². The lowest BCUT2D eigenvalue weighted by atomic mass is 9.82. The number of nitrogens with zero attached hydrogens (tertiary/aromatic N) is 2. The van der Waals surface area contributed by atoms with Crippen molar-refractivity contribution in [2.24, 2.45) is 0 Å². The minimum Gasteiger partial charge on any atom is -0.285 e. The number of halogens is 12. The van der Waals surface area contributed by atoms with Gasteiger partial charge in [0.15, 0.2) is 0 Å². The number of rotatable bonds is 2. The molecule has 0 aromatic carbocycles. The first-order chi connectivity index (χ1) is 12.6. The molecule has 0 unspecified atom stereocenters. The predicted octanol–water partition coefficient (Wildman–Crippen LogP) is 6.11. The highest BCUT2D eigenvalue weighted by molar-refractivity contribution is 5.35. The first-order valence-corrected chi connectivity index (χ1v) is 8.21. The van der Waals surface area contributed by atoms with Crippen LogP contribution in [0.3, 0.4) is 0 Å². The Morgan fingerprint density at radius 2 is 1.21 bits per heavy atom. The van der Waals surface area contributed by atoms with Crippen molar-refractivity contribution in [1.82, 2.24) is 10.0 Å². The number of alkyl halides is 12. The SMILES string of the molecule is CCCC1=CC(C(F)(F)F)(C(F)(F)F)N2N1C(C(F)(F)F)(C(F)(F)F)CC2(C)C. The fourth-order valence-corrected chi connectivity index (χ4v) is 4.19. The maximum atomic E-state index is 13.8. The Hall–Kier alpha value is -1.34. The second-order valence-electron chi connectivity index (χ2n) is 7.62. The van der Waals surface area contributed by atoms with Crippen LogP contribution >= 0.6 is 0 Å². The molecule has 2 rings (SSSR count). The molecule has 2 aliphatic rings. The van der Waals surface area contributed by atoms with Crippen molar-refractivity contribution in [2.45, 2.75) is 81.4 Å². The molecule has 0 radical (unpaired) electrons. The molecule has 0 bridgehead atoms. The van der Waals surface area contributed by atoms with Crippen LogP contribution in [0.2, 0.25) is 0 Å². The first kappa shape index (κ1) is 23.9. The van der Waals surface area contributed by atoms with Gasteiger partial charge in [0.25, 0.3) is 5.54 Å². The second kappa shape index (κ2) is 6.10. The zero-order chi connectivity index (χ0) is 23.1. The van der Waals surface area contributed by atoms with E-state index in [1.165, 1.54) is 6.92 Å². The quantitative estimate of drug-likeness (QED) is 0.467. The molecule has 1 fully saturated rings. The van der Waals surface area contributed by atoms with Gasteiger partial charge in [-0.2, -0.15) is 57.7 Å². The Labute approximate surface area is 157 Å². The molecule has 0 aromatic rings. The van der Waals surface area contributed by atoms with Gasteiger partial charge in [0.2, 0.25) is 5.54 Å². The molecule has 0 amide bonds. The minimum absolute atomic E-state index is 0.284. The monoisotopic (exact) mass is 452 g/mol. The second-order valence-corrected chi connectivity index (χ2v) is 7.62. The van der Waals surface area contributed by atoms with Gasteiger partial charge in [0.1, 0.15) is 0 Å². The largest absolute Gasteiger partial charge is 0.422 e. The summed E-state index contributed by atoms with van der Waals surface area (Å²) in [5.41, 5.74) is -14.1. The standard InChI is InChI=1S/C15H16F12N2/c1-4-5-8-6-10(12(16,17)18,13(19,20)21)29-9(2,3)7-11(28(8)29,14(22,23)24)15(25,26)27/h6H,4-5,7H2,1-3H3. The Morgan fingerprint density at radius 3 is 1.52 bits per heavy atom. The Morgan fingerprint density at radius 1 is 0.793 bits per heavy atom. The van der Waals surface area contributed by atoms with Crippen molar-refractivity contribution in [3.05, 3.63) is 11.8 Å². The fraction of sp³-hybridized carbons (Fsp3) is 0.867. The summed E-state index contributed by atoms with van der Waals surface area (Å²) in [6.45, 7) is 2.19. The van der Waals surface area contributed by atoms with Crippen molar-refractivity contribution >= 4 is 0 Å². The first-order valence-electron chi connectivity index (χ1n) is 8.21. The Balaban J connectivity index is 2.99. The van der Waals surface area contributed by atoms with Crippen LogP contribution in [0.4, 0.5) is 52.7 Å². The molecular formula is C15H16F12N2. The third-order valence-corrected chi connectivity index (χ3v) is 5.11. The summed E-state index contributed by atoms with van der Waals surface area (Å²) in [7, 11) is 0. The van der Waals surface area contributed by atoms with Crippen molar-refractivity contribution in [1.29, 1.82) is 0 Å². The van der Waals surface area contributed by atoms with Crippen LogP contribution in [0.15, 0.2) is 11.8 Å². The van der Waals surface area contributed by atoms with Crippen molar-refractivity contribution in [2.75, 3.05) is 0 Å². The topological polar surface area (TPSA) is 6.48 Å². The molecule has 0 aliphatic carbocycles. The summed E-state index contributed by atoms with van der Waals surface area (Å²) in [5, 5.41) is -1.68. The molecule has 29 heavy (non-hydrogen) atoms. The molecule has 2 aliphatic heterocycles. The highest BCUT2D eigenvalue weighted by Crippen LogP contribution is 2.66. The molecule has 2 nitrogen and oxygen atoms in total. The Kier molecular flexibility index (Phi) is 5.03. The third-order valence-electron chi connectivity index (χ3n) is 5.11. The zero-order valence-electron chi connectivity index (χ0n) is 15.1. The summed E-state index contributed by atoms with van der Waals surface area (Å²) in [5.74, 6) is 0. The maximum absolute atomic E-state index is 13.8. The average Bonchev–Trinajstić information content (AvgIpc) is 2.91. The van der Waals surface area contributed by atoms with Gasteiger partial charge in [-0.05, 0) is 26.3 Å². The summed E-state index contributed by atoms with van der Waals surface area (Å²) < 4.78 is 165. The molecule has 2 heterocycles. The normalized spacial score (nSPS) is 24.7. The van der Waals surface area contributed by atoms with Gasteiger partial charge in [-0.1, -0.05) is 13.3 Å². The van der Waals surface area contributed by atoms with Crippen molar-refractivity contribution in [3.63, 3.8) is 0 Å². The lowest BCUT2D eigenvalue weighted by molar-refractivity contribution is -0.380. The van der Waals surface area contributed by atoms with Crippen LogP contribution < -0.4 is 0 Å². The van der Waals surface area contributed by atoms with Crippen LogP contribution in [0, 0.1) is 0 Å². The highest BCUT2D eigenvalue weighted by Gasteiger charge is 2.88. The van der Waals surface area contributed by atoms with E-state index >= 15 is 0 Å². The molecule has 0 spiro atoms. The lowest BCUT2D eigenvalue weighted by Gasteiger charge is -2.48. The van der Waals surface area contributed by atoms with E-state index in [0.717, 1.165) is 0 Å². The number of fused-ring (bicyclic) bond motifs is 1. The molecule has 0 N–H and O–H groups in total. The van der Waals surface area contributed by atoms with Gasteiger partial charge < -0.3 is 0 Å². The van der Waals surface area contributed by atoms with Gasteiger partial charge in [0, 0.05) is 17.7 Å². The van der Waals surface area contributed by atoms with Gasteiger partial charge >= 0.3 is 24.7 Å². The summed E-state index contributed by atoms with van der Waals surface area (Å²) in [4.78, 5) is 0. The van der Waals surface area contributed by atoms with Gasteiger partial charge in [-0.3, -0.25) is 5.01 Å². The third kappa shape index (κ3) is 2.91. The molecule has 0 atom stereocenters. The highest BCUT2D eigenvalue weighted by atomic mass is 19.4. The van der Waals surface area contributed by atoms with Gasteiger partial charge in [0.05, 0.1) is 0 Å². The van der Waals surface area contributed by atoms with Crippen LogP contribution in [-0.4, -0.2) is 51.3 Å². The van der Waals surface area contributed by atoms with E-state index in [2.05, 4.69) is 0 Å². The fourth-order valence-electron chi connectivity index (χ4n) is 4.19. The molecular weight excluding hydrogens is 436 g/mol. The number of hydrazine groups is 1. The maximum Gasteiger partial charge on any atom is 0.422 e. The van der Waals surface area contributed by atoms with E-state index in [4.69, 9.17) is 0 Å². The van der Waals surface area contributed by atoms with Crippen LogP contribution in [0.5, 0.6) is 0 Å². The number of hydrogen-bond acceptors (Lipinski definition) is 2. The van der Waals surface area contributed by atoms with E-state index in [9.17, 15) is 52.7 Å². The summed E-state index contributed by atoms with van der Waals surface area (Å²) in [6, 6.07) is 0. The Bertz CT molecular complexity index is 651. The van der Waals surface area contributed by atoms with E-state index in [-0.39, 0.29) is 6.42 Å².